The lowest BCUT2D eigenvalue weighted by Gasteiger charge is -2.31. The number of carboxylic acids is 2. The van der Waals surface area contributed by atoms with Gasteiger partial charge in [0.1, 0.15) is 18.1 Å². The first-order valence-corrected chi connectivity index (χ1v) is 11.1. The molecule has 0 radical (unpaired) electrons. The van der Waals surface area contributed by atoms with Crippen molar-refractivity contribution >= 4 is 29.7 Å². The number of hydrogen-bond acceptors (Lipinski definition) is 7. The SMILES string of the molecule is CC(C)C(NC(=O)C(N)Cc1cnc[nH]1)C(=O)N1CCCC1C(=O)NC(CCC(=O)O)C(=O)O. The minimum absolute atomic E-state index is 0.201. The van der Waals surface area contributed by atoms with Crippen LogP contribution < -0.4 is 16.4 Å². The van der Waals surface area contributed by atoms with Crippen molar-refractivity contribution in [2.45, 2.75) is 70.1 Å². The van der Waals surface area contributed by atoms with E-state index in [0.29, 0.717) is 18.5 Å². The molecular weight excluding hydrogens is 448 g/mol. The zero-order chi connectivity index (χ0) is 25.4. The fraction of sp³-hybridized carbons (Fsp3) is 0.619. The summed E-state index contributed by atoms with van der Waals surface area (Å²) in [6.07, 6.45) is 3.35. The molecule has 4 atom stereocenters. The van der Waals surface area contributed by atoms with Crippen molar-refractivity contribution in [3.05, 3.63) is 18.2 Å². The molecule has 1 aliphatic heterocycles. The van der Waals surface area contributed by atoms with Crippen molar-refractivity contribution in [3.63, 3.8) is 0 Å². The Morgan fingerprint density at radius 1 is 1.24 bits per heavy atom. The second-order valence-electron chi connectivity index (χ2n) is 8.64. The second kappa shape index (κ2) is 12.1. The number of aromatic nitrogens is 2. The van der Waals surface area contributed by atoms with Crippen LogP contribution in [0.4, 0.5) is 0 Å². The van der Waals surface area contributed by atoms with Crippen molar-refractivity contribution in [1.82, 2.24) is 25.5 Å². The minimum atomic E-state index is -1.39. The van der Waals surface area contributed by atoms with E-state index in [1.165, 1.54) is 11.2 Å². The van der Waals surface area contributed by atoms with Gasteiger partial charge in [0.05, 0.1) is 12.4 Å². The van der Waals surface area contributed by atoms with Crippen molar-refractivity contribution in [1.29, 1.82) is 0 Å². The van der Waals surface area contributed by atoms with Gasteiger partial charge in [0.15, 0.2) is 0 Å². The molecule has 1 saturated heterocycles. The molecule has 13 nitrogen and oxygen atoms in total. The van der Waals surface area contributed by atoms with Gasteiger partial charge in [-0.15, -0.1) is 0 Å². The number of nitrogens with two attached hydrogens (primary N) is 1. The first-order valence-electron chi connectivity index (χ1n) is 11.1. The van der Waals surface area contributed by atoms with Crippen LogP contribution in [0.25, 0.3) is 0 Å². The number of hydrogen-bond donors (Lipinski definition) is 6. The first-order chi connectivity index (χ1) is 16.0. The Hall–Kier alpha value is -3.48. The van der Waals surface area contributed by atoms with E-state index >= 15 is 0 Å². The van der Waals surface area contributed by atoms with Gasteiger partial charge in [0.2, 0.25) is 17.7 Å². The number of amides is 3. The molecule has 1 aromatic heterocycles. The predicted octanol–water partition coefficient (Wildman–Crippen LogP) is -1.15. The lowest BCUT2D eigenvalue weighted by atomic mass is 10.0. The molecule has 2 rings (SSSR count). The molecule has 0 aliphatic carbocycles. The average Bonchev–Trinajstić information content (AvgIpc) is 3.45. The smallest absolute Gasteiger partial charge is 0.326 e. The molecule has 2 heterocycles. The Labute approximate surface area is 196 Å². The molecule has 7 N–H and O–H groups in total. The number of carbonyl (C=O) groups is 5. The highest BCUT2D eigenvalue weighted by Gasteiger charge is 2.40. The van der Waals surface area contributed by atoms with Gasteiger partial charge in [0, 0.05) is 31.3 Å². The van der Waals surface area contributed by atoms with E-state index in [-0.39, 0.29) is 25.3 Å². The number of aliphatic carboxylic acids is 2. The number of carbonyl (C=O) groups excluding carboxylic acids is 3. The summed E-state index contributed by atoms with van der Waals surface area (Å²) in [5.74, 6) is -4.51. The van der Waals surface area contributed by atoms with E-state index in [1.54, 1.807) is 20.0 Å². The maximum atomic E-state index is 13.3. The maximum Gasteiger partial charge on any atom is 0.326 e. The zero-order valence-corrected chi connectivity index (χ0v) is 19.2. The summed E-state index contributed by atoms with van der Waals surface area (Å²) in [5.41, 5.74) is 6.64. The van der Waals surface area contributed by atoms with Crippen LogP contribution in [-0.4, -0.2) is 85.5 Å². The van der Waals surface area contributed by atoms with Crippen LogP contribution in [-0.2, 0) is 30.4 Å². The predicted molar refractivity (Wildman–Crippen MR) is 118 cm³/mol. The lowest BCUT2D eigenvalue weighted by molar-refractivity contribution is -0.145. The Balaban J connectivity index is 2.06. The van der Waals surface area contributed by atoms with Gasteiger partial charge < -0.3 is 36.5 Å². The fourth-order valence-electron chi connectivity index (χ4n) is 3.77. The summed E-state index contributed by atoms with van der Waals surface area (Å²) in [7, 11) is 0. The molecule has 0 bridgehead atoms. The van der Waals surface area contributed by atoms with Crippen LogP contribution in [0.1, 0.15) is 45.2 Å². The van der Waals surface area contributed by atoms with Crippen LogP contribution in [0.5, 0.6) is 0 Å². The second-order valence-corrected chi connectivity index (χ2v) is 8.64. The molecule has 4 unspecified atom stereocenters. The Kier molecular flexibility index (Phi) is 9.54. The van der Waals surface area contributed by atoms with Crippen molar-refractivity contribution in [2.24, 2.45) is 11.7 Å². The van der Waals surface area contributed by atoms with Gasteiger partial charge in [-0.1, -0.05) is 13.8 Å². The lowest BCUT2D eigenvalue weighted by Crippen LogP contribution is -2.58. The zero-order valence-electron chi connectivity index (χ0n) is 19.2. The number of nitrogens with one attached hydrogen (secondary N) is 3. The molecule has 1 aromatic rings. The molecular formula is C21H32N6O7. The van der Waals surface area contributed by atoms with E-state index in [9.17, 15) is 29.1 Å². The topological polar surface area (TPSA) is 208 Å². The minimum Gasteiger partial charge on any atom is -0.481 e. The number of H-pyrrole nitrogens is 1. The molecule has 34 heavy (non-hydrogen) atoms. The fourth-order valence-corrected chi connectivity index (χ4v) is 3.77. The highest BCUT2D eigenvalue weighted by molar-refractivity contribution is 5.94. The van der Waals surface area contributed by atoms with Gasteiger partial charge in [-0.05, 0) is 25.2 Å². The van der Waals surface area contributed by atoms with Crippen molar-refractivity contribution in [2.75, 3.05) is 6.54 Å². The number of aromatic amines is 1. The van der Waals surface area contributed by atoms with Gasteiger partial charge >= 0.3 is 11.9 Å². The molecule has 0 spiro atoms. The highest BCUT2D eigenvalue weighted by Crippen LogP contribution is 2.21. The van der Waals surface area contributed by atoms with Gasteiger partial charge in [0.25, 0.3) is 0 Å². The third-order valence-electron chi connectivity index (χ3n) is 5.66. The van der Waals surface area contributed by atoms with E-state index in [2.05, 4.69) is 20.6 Å². The standard InChI is InChI=1S/C21H32N6O7/c1-11(2)17(26-18(30)13(22)8-12-9-23-10-24-12)20(32)27-7-3-4-15(27)19(31)25-14(21(33)34)5-6-16(28)29/h9-11,13-15,17H,3-8,22H2,1-2H3,(H,23,24)(H,25,31)(H,26,30)(H,28,29)(H,33,34). The molecule has 0 aromatic carbocycles. The molecule has 188 valence electrons. The molecule has 0 saturated carbocycles. The normalized spacial score (nSPS) is 18.2. The van der Waals surface area contributed by atoms with E-state index in [1.807, 2.05) is 0 Å². The summed E-state index contributed by atoms with van der Waals surface area (Å²) < 4.78 is 0. The molecule has 13 heteroatoms. The van der Waals surface area contributed by atoms with Crippen LogP contribution >= 0.6 is 0 Å². The van der Waals surface area contributed by atoms with E-state index in [4.69, 9.17) is 10.8 Å². The Morgan fingerprint density at radius 2 is 1.94 bits per heavy atom. The van der Waals surface area contributed by atoms with Gasteiger partial charge in [-0.3, -0.25) is 19.2 Å². The number of imidazole rings is 1. The van der Waals surface area contributed by atoms with E-state index in [0.717, 1.165) is 0 Å². The van der Waals surface area contributed by atoms with Crippen molar-refractivity contribution in [3.8, 4) is 0 Å². The van der Waals surface area contributed by atoms with Crippen LogP contribution in [0.3, 0.4) is 0 Å². The number of nitrogens with zero attached hydrogens (tertiary/aromatic N) is 2. The number of carboxylic acid groups (broad SMARTS) is 2. The summed E-state index contributed by atoms with van der Waals surface area (Å²) in [5, 5.41) is 23.1. The quantitative estimate of drug-likeness (QED) is 0.213. The Morgan fingerprint density at radius 3 is 2.50 bits per heavy atom. The largest absolute Gasteiger partial charge is 0.481 e. The molecule has 1 fully saturated rings. The average molecular weight is 481 g/mol. The number of rotatable bonds is 12. The van der Waals surface area contributed by atoms with Crippen molar-refractivity contribution < 1.29 is 34.2 Å². The summed E-state index contributed by atoms with van der Waals surface area (Å²) in [4.78, 5) is 69.0. The monoisotopic (exact) mass is 480 g/mol. The third kappa shape index (κ3) is 7.27. The third-order valence-corrected chi connectivity index (χ3v) is 5.66. The van der Waals surface area contributed by atoms with Crippen LogP contribution in [0.2, 0.25) is 0 Å². The summed E-state index contributed by atoms with van der Waals surface area (Å²) in [6, 6.07) is -4.16. The van der Waals surface area contributed by atoms with E-state index < -0.39 is 60.2 Å². The van der Waals surface area contributed by atoms with Crippen LogP contribution in [0, 0.1) is 5.92 Å². The van der Waals surface area contributed by atoms with Gasteiger partial charge in [-0.25, -0.2) is 9.78 Å². The van der Waals surface area contributed by atoms with Crippen LogP contribution in [0.15, 0.2) is 12.5 Å². The maximum absolute atomic E-state index is 13.3. The molecule has 1 aliphatic rings. The Bertz CT molecular complexity index is 888. The van der Waals surface area contributed by atoms with Gasteiger partial charge in [-0.2, -0.15) is 0 Å². The highest BCUT2D eigenvalue weighted by atomic mass is 16.4. The first kappa shape index (κ1) is 26.8. The number of likely N-dealkylation sites (tertiary alicyclic amines) is 1. The molecule has 3 amide bonds. The summed E-state index contributed by atoms with van der Waals surface area (Å²) in [6.45, 7) is 3.77. The summed E-state index contributed by atoms with van der Waals surface area (Å²) >= 11 is 0.